The van der Waals surface area contributed by atoms with Gasteiger partial charge in [0, 0.05) is 18.4 Å². The summed E-state index contributed by atoms with van der Waals surface area (Å²) in [5, 5.41) is 3.77. The van der Waals surface area contributed by atoms with Crippen molar-refractivity contribution in [3.05, 3.63) is 52.5 Å². The number of nitrogens with one attached hydrogen (secondary N) is 1. The van der Waals surface area contributed by atoms with Crippen molar-refractivity contribution in [3.63, 3.8) is 0 Å². The molecule has 0 heterocycles. The molecule has 104 valence electrons. The van der Waals surface area contributed by atoms with Crippen molar-refractivity contribution in [2.24, 2.45) is 0 Å². The van der Waals surface area contributed by atoms with E-state index < -0.39 is 0 Å². The van der Waals surface area contributed by atoms with E-state index in [9.17, 15) is 4.79 Å². The van der Waals surface area contributed by atoms with Gasteiger partial charge in [0.15, 0.2) is 0 Å². The Labute approximate surface area is 127 Å². The zero-order chi connectivity index (χ0) is 14.5. The number of carbonyl (C=O) groups is 1. The maximum Gasteiger partial charge on any atom is 0.250 e. The highest BCUT2D eigenvalue weighted by Crippen LogP contribution is 2.32. The van der Waals surface area contributed by atoms with Crippen LogP contribution in [0, 0.1) is 0 Å². The van der Waals surface area contributed by atoms with Crippen LogP contribution in [0.25, 0.3) is 11.1 Å². The van der Waals surface area contributed by atoms with Crippen molar-refractivity contribution >= 4 is 34.8 Å². The SMILES string of the molecule is COCC(=O)Nc1ccccc1-c1ccc(Cl)c(Cl)c1. The predicted octanol–water partition coefficient (Wildman–Crippen LogP) is 4.25. The normalized spacial score (nSPS) is 10.3. The molecule has 2 rings (SSSR count). The minimum atomic E-state index is -0.208. The quantitative estimate of drug-likeness (QED) is 0.917. The van der Waals surface area contributed by atoms with Gasteiger partial charge in [0.1, 0.15) is 6.61 Å². The molecule has 0 unspecified atom stereocenters. The van der Waals surface area contributed by atoms with Crippen molar-refractivity contribution in [1.82, 2.24) is 0 Å². The van der Waals surface area contributed by atoms with Gasteiger partial charge in [-0.15, -0.1) is 0 Å². The molecule has 0 atom stereocenters. The summed E-state index contributed by atoms with van der Waals surface area (Å²) in [5.41, 5.74) is 2.45. The number of hydrogen-bond donors (Lipinski definition) is 1. The van der Waals surface area contributed by atoms with Gasteiger partial charge in [0.25, 0.3) is 0 Å². The second kappa shape index (κ2) is 6.75. The molecule has 0 spiro atoms. The molecule has 1 amide bonds. The third-order valence-corrected chi connectivity index (χ3v) is 3.45. The molecule has 0 aliphatic heterocycles. The molecule has 1 N–H and O–H groups in total. The summed E-state index contributed by atoms with van der Waals surface area (Å²) in [6.07, 6.45) is 0. The highest BCUT2D eigenvalue weighted by atomic mass is 35.5. The fourth-order valence-electron chi connectivity index (χ4n) is 1.82. The Bertz CT molecular complexity index is 629. The molecule has 2 aromatic rings. The van der Waals surface area contributed by atoms with Crippen LogP contribution >= 0.6 is 23.2 Å². The van der Waals surface area contributed by atoms with Crippen molar-refractivity contribution in [2.75, 3.05) is 19.0 Å². The van der Waals surface area contributed by atoms with E-state index in [1.165, 1.54) is 7.11 Å². The van der Waals surface area contributed by atoms with Crippen LogP contribution in [0.5, 0.6) is 0 Å². The van der Waals surface area contributed by atoms with Crippen molar-refractivity contribution < 1.29 is 9.53 Å². The Morgan fingerprint density at radius 1 is 1.15 bits per heavy atom. The van der Waals surface area contributed by atoms with Gasteiger partial charge < -0.3 is 10.1 Å². The summed E-state index contributed by atoms with van der Waals surface area (Å²) in [4.78, 5) is 11.6. The molecule has 0 fully saturated rings. The van der Waals surface area contributed by atoms with Gasteiger partial charge in [-0.3, -0.25) is 4.79 Å². The standard InChI is InChI=1S/C15H13Cl2NO2/c1-20-9-15(19)18-14-5-3-2-4-11(14)10-6-7-12(16)13(17)8-10/h2-8H,9H2,1H3,(H,18,19). The number of carbonyl (C=O) groups excluding carboxylic acids is 1. The fraction of sp³-hybridized carbons (Fsp3) is 0.133. The van der Waals surface area contributed by atoms with Gasteiger partial charge in [-0.25, -0.2) is 0 Å². The molecule has 2 aromatic carbocycles. The lowest BCUT2D eigenvalue weighted by molar-refractivity contribution is -0.119. The second-order valence-corrected chi connectivity index (χ2v) is 4.97. The minimum absolute atomic E-state index is 0.00963. The van der Waals surface area contributed by atoms with Gasteiger partial charge >= 0.3 is 0 Å². The minimum Gasteiger partial charge on any atom is -0.375 e. The molecule has 0 radical (unpaired) electrons. The monoisotopic (exact) mass is 309 g/mol. The molecule has 0 aromatic heterocycles. The first-order chi connectivity index (χ1) is 9.61. The zero-order valence-electron chi connectivity index (χ0n) is 10.8. The molecular formula is C15H13Cl2NO2. The largest absolute Gasteiger partial charge is 0.375 e. The number of halogens is 2. The Morgan fingerprint density at radius 3 is 2.60 bits per heavy atom. The second-order valence-electron chi connectivity index (χ2n) is 4.16. The fourth-order valence-corrected chi connectivity index (χ4v) is 2.12. The molecular weight excluding hydrogens is 297 g/mol. The molecule has 0 saturated heterocycles. The Balaban J connectivity index is 2.36. The molecule has 0 aliphatic carbocycles. The first-order valence-corrected chi connectivity index (χ1v) is 6.70. The van der Waals surface area contributed by atoms with Gasteiger partial charge in [-0.2, -0.15) is 0 Å². The van der Waals surface area contributed by atoms with E-state index in [-0.39, 0.29) is 12.5 Å². The van der Waals surface area contributed by atoms with Crippen molar-refractivity contribution in [3.8, 4) is 11.1 Å². The topological polar surface area (TPSA) is 38.3 Å². The van der Waals surface area contributed by atoms with Crippen molar-refractivity contribution in [2.45, 2.75) is 0 Å². The molecule has 5 heteroatoms. The van der Waals surface area contributed by atoms with E-state index in [1.807, 2.05) is 30.3 Å². The third-order valence-electron chi connectivity index (χ3n) is 2.71. The summed E-state index contributed by atoms with van der Waals surface area (Å²) in [7, 11) is 1.48. The number of amides is 1. The van der Waals surface area contributed by atoms with E-state index in [0.717, 1.165) is 11.1 Å². The highest BCUT2D eigenvalue weighted by molar-refractivity contribution is 6.42. The molecule has 0 aliphatic rings. The van der Waals surface area contributed by atoms with Crippen LogP contribution in [-0.4, -0.2) is 19.6 Å². The summed E-state index contributed by atoms with van der Waals surface area (Å²) in [6.45, 7) is 0.00963. The van der Waals surface area contributed by atoms with E-state index >= 15 is 0 Å². The first kappa shape index (κ1) is 14.9. The van der Waals surface area contributed by atoms with Crippen LogP contribution in [0.15, 0.2) is 42.5 Å². The maximum absolute atomic E-state index is 11.6. The Morgan fingerprint density at radius 2 is 1.90 bits per heavy atom. The molecule has 0 bridgehead atoms. The number of anilines is 1. The predicted molar refractivity (Wildman–Crippen MR) is 82.4 cm³/mol. The number of para-hydroxylation sites is 1. The number of hydrogen-bond acceptors (Lipinski definition) is 2. The van der Waals surface area contributed by atoms with E-state index in [2.05, 4.69) is 5.32 Å². The third kappa shape index (κ3) is 3.51. The number of benzene rings is 2. The van der Waals surface area contributed by atoms with Crippen LogP contribution in [0.2, 0.25) is 10.0 Å². The van der Waals surface area contributed by atoms with Gasteiger partial charge in [-0.1, -0.05) is 47.5 Å². The van der Waals surface area contributed by atoms with E-state index in [4.69, 9.17) is 27.9 Å². The Kier molecular flexibility index (Phi) is 5.01. The molecule has 0 saturated carbocycles. The summed E-state index contributed by atoms with van der Waals surface area (Å²) < 4.78 is 4.81. The highest BCUT2D eigenvalue weighted by Gasteiger charge is 2.09. The van der Waals surface area contributed by atoms with Crippen LogP contribution in [0.1, 0.15) is 0 Å². The number of ether oxygens (including phenoxy) is 1. The van der Waals surface area contributed by atoms with Gasteiger partial charge in [0.2, 0.25) is 5.91 Å². The van der Waals surface area contributed by atoms with Gasteiger partial charge in [0.05, 0.1) is 10.0 Å². The summed E-state index contributed by atoms with van der Waals surface area (Å²) in [6, 6.07) is 12.8. The summed E-state index contributed by atoms with van der Waals surface area (Å²) >= 11 is 11.9. The Hall–Kier alpha value is -1.55. The van der Waals surface area contributed by atoms with Gasteiger partial charge in [-0.05, 0) is 23.8 Å². The van der Waals surface area contributed by atoms with Crippen LogP contribution in [0.4, 0.5) is 5.69 Å². The lowest BCUT2D eigenvalue weighted by Gasteiger charge is -2.11. The average molecular weight is 310 g/mol. The smallest absolute Gasteiger partial charge is 0.250 e. The van der Waals surface area contributed by atoms with Crippen LogP contribution in [0.3, 0.4) is 0 Å². The zero-order valence-corrected chi connectivity index (χ0v) is 12.3. The van der Waals surface area contributed by atoms with Crippen LogP contribution < -0.4 is 5.32 Å². The molecule has 3 nitrogen and oxygen atoms in total. The van der Waals surface area contributed by atoms with Crippen molar-refractivity contribution in [1.29, 1.82) is 0 Å². The van der Waals surface area contributed by atoms with Crippen LogP contribution in [-0.2, 0) is 9.53 Å². The molecule has 20 heavy (non-hydrogen) atoms. The first-order valence-electron chi connectivity index (χ1n) is 5.95. The van der Waals surface area contributed by atoms with E-state index in [1.54, 1.807) is 12.1 Å². The summed E-state index contributed by atoms with van der Waals surface area (Å²) in [5.74, 6) is -0.208. The lowest BCUT2D eigenvalue weighted by atomic mass is 10.0. The van der Waals surface area contributed by atoms with E-state index in [0.29, 0.717) is 15.7 Å². The number of rotatable bonds is 4. The maximum atomic E-state index is 11.6. The average Bonchev–Trinajstić information content (AvgIpc) is 2.43. The number of methoxy groups -OCH3 is 1. The lowest BCUT2D eigenvalue weighted by Crippen LogP contribution is -2.17.